The first-order chi connectivity index (χ1) is 8.41. The van der Waals surface area contributed by atoms with Crippen molar-refractivity contribution in [3.05, 3.63) is 39.7 Å². The fourth-order valence-corrected chi connectivity index (χ4v) is 2.58. The van der Waals surface area contributed by atoms with E-state index < -0.39 is 0 Å². The molecule has 0 aliphatic heterocycles. The number of aliphatic hydroxyl groups excluding tert-OH is 1. The van der Waals surface area contributed by atoms with E-state index in [1.807, 2.05) is 5.38 Å². The monoisotopic (exact) mass is 261 g/mol. The van der Waals surface area contributed by atoms with E-state index in [2.05, 4.69) is 50.9 Å². The molecule has 0 atom stereocenters. The van der Waals surface area contributed by atoms with Gasteiger partial charge in [0.1, 0.15) is 5.01 Å². The van der Waals surface area contributed by atoms with E-state index in [0.717, 1.165) is 16.3 Å². The summed E-state index contributed by atoms with van der Waals surface area (Å²) in [6.45, 7) is 8.78. The zero-order valence-electron chi connectivity index (χ0n) is 11.3. The lowest BCUT2D eigenvalue weighted by molar-refractivity contribution is 0.281. The third-order valence-corrected chi connectivity index (χ3v) is 3.89. The minimum absolute atomic E-state index is 0.0176. The van der Waals surface area contributed by atoms with Crippen molar-refractivity contribution in [1.29, 1.82) is 0 Å². The molecule has 0 aliphatic rings. The zero-order chi connectivity index (χ0) is 13.3. The summed E-state index contributed by atoms with van der Waals surface area (Å²) in [7, 11) is 0. The Morgan fingerprint density at radius 3 is 2.50 bits per heavy atom. The Morgan fingerprint density at radius 2 is 2.00 bits per heavy atom. The Labute approximate surface area is 112 Å². The molecule has 0 spiro atoms. The summed E-state index contributed by atoms with van der Waals surface area (Å²) < 4.78 is 0. The van der Waals surface area contributed by atoms with Gasteiger partial charge in [-0.25, -0.2) is 4.98 Å². The standard InChI is InChI=1S/C15H19NOS/c1-10-7-11(15(2,3)4)5-6-12(10)13-9-18-14(8-17)16-13/h5-7,9,17H,8H2,1-4H3. The molecule has 3 heteroatoms. The molecule has 0 aliphatic carbocycles. The molecule has 2 nitrogen and oxygen atoms in total. The Bertz CT molecular complexity index is 552. The van der Waals surface area contributed by atoms with Gasteiger partial charge >= 0.3 is 0 Å². The van der Waals surface area contributed by atoms with Crippen molar-refractivity contribution in [2.24, 2.45) is 0 Å². The third kappa shape index (κ3) is 2.62. The van der Waals surface area contributed by atoms with Crippen molar-refractivity contribution in [1.82, 2.24) is 4.98 Å². The van der Waals surface area contributed by atoms with Crippen molar-refractivity contribution >= 4 is 11.3 Å². The fourth-order valence-electron chi connectivity index (χ4n) is 1.92. The number of thiazole rings is 1. The van der Waals surface area contributed by atoms with E-state index in [9.17, 15) is 0 Å². The maximum Gasteiger partial charge on any atom is 0.119 e. The minimum Gasteiger partial charge on any atom is -0.389 e. The van der Waals surface area contributed by atoms with E-state index in [0.29, 0.717) is 0 Å². The van der Waals surface area contributed by atoms with Crippen LogP contribution in [0.15, 0.2) is 23.6 Å². The predicted octanol–water partition coefficient (Wildman–Crippen LogP) is 3.91. The van der Waals surface area contributed by atoms with E-state index in [-0.39, 0.29) is 12.0 Å². The van der Waals surface area contributed by atoms with Crippen LogP contribution >= 0.6 is 11.3 Å². The second-order valence-electron chi connectivity index (χ2n) is 5.56. The van der Waals surface area contributed by atoms with Gasteiger partial charge in [0.15, 0.2) is 0 Å². The maximum absolute atomic E-state index is 9.07. The van der Waals surface area contributed by atoms with Gasteiger partial charge in [0.2, 0.25) is 0 Å². The predicted molar refractivity (Wildman–Crippen MR) is 76.9 cm³/mol. The smallest absolute Gasteiger partial charge is 0.119 e. The van der Waals surface area contributed by atoms with Gasteiger partial charge in [0, 0.05) is 10.9 Å². The second-order valence-corrected chi connectivity index (χ2v) is 6.51. The van der Waals surface area contributed by atoms with Crippen LogP contribution in [-0.2, 0) is 12.0 Å². The topological polar surface area (TPSA) is 33.1 Å². The molecule has 0 bridgehead atoms. The van der Waals surface area contributed by atoms with E-state index in [1.165, 1.54) is 22.5 Å². The molecule has 0 amide bonds. The first-order valence-electron chi connectivity index (χ1n) is 6.08. The highest BCUT2D eigenvalue weighted by atomic mass is 32.1. The highest BCUT2D eigenvalue weighted by molar-refractivity contribution is 7.09. The van der Waals surface area contributed by atoms with Crippen molar-refractivity contribution in [2.75, 3.05) is 0 Å². The average molecular weight is 261 g/mol. The first-order valence-corrected chi connectivity index (χ1v) is 6.96. The van der Waals surface area contributed by atoms with Crippen LogP contribution in [-0.4, -0.2) is 10.1 Å². The van der Waals surface area contributed by atoms with Gasteiger partial charge in [-0.1, -0.05) is 39.0 Å². The van der Waals surface area contributed by atoms with Crippen molar-refractivity contribution in [3.8, 4) is 11.3 Å². The Balaban J connectivity index is 2.41. The highest BCUT2D eigenvalue weighted by Crippen LogP contribution is 2.30. The minimum atomic E-state index is 0.0176. The summed E-state index contributed by atoms with van der Waals surface area (Å²) in [6.07, 6.45) is 0. The van der Waals surface area contributed by atoms with E-state index in [1.54, 1.807) is 0 Å². The van der Waals surface area contributed by atoms with Crippen molar-refractivity contribution in [3.63, 3.8) is 0 Å². The first kappa shape index (κ1) is 13.2. The average Bonchev–Trinajstić information content (AvgIpc) is 2.76. The molecule has 2 aromatic rings. The van der Waals surface area contributed by atoms with Crippen LogP contribution in [0.4, 0.5) is 0 Å². The quantitative estimate of drug-likeness (QED) is 0.889. The number of benzene rings is 1. The third-order valence-electron chi connectivity index (χ3n) is 3.06. The Kier molecular flexibility index (Phi) is 3.55. The second kappa shape index (κ2) is 4.82. The highest BCUT2D eigenvalue weighted by Gasteiger charge is 2.15. The van der Waals surface area contributed by atoms with Gasteiger partial charge in [0.05, 0.1) is 12.3 Å². The lowest BCUT2D eigenvalue weighted by Crippen LogP contribution is -2.11. The van der Waals surface area contributed by atoms with Crippen LogP contribution in [0.5, 0.6) is 0 Å². The molecule has 0 saturated carbocycles. The molecule has 18 heavy (non-hydrogen) atoms. The summed E-state index contributed by atoms with van der Waals surface area (Å²) >= 11 is 1.50. The molecular weight excluding hydrogens is 242 g/mol. The van der Waals surface area contributed by atoms with Crippen LogP contribution < -0.4 is 0 Å². The van der Waals surface area contributed by atoms with Crippen LogP contribution in [0.3, 0.4) is 0 Å². The molecule has 0 fully saturated rings. The summed E-state index contributed by atoms with van der Waals surface area (Å²) in [4.78, 5) is 4.42. The maximum atomic E-state index is 9.07. The molecule has 1 aromatic heterocycles. The van der Waals surface area contributed by atoms with Gasteiger partial charge in [-0.3, -0.25) is 0 Å². The molecule has 96 valence electrons. The number of hydrogen-bond acceptors (Lipinski definition) is 3. The summed E-state index contributed by atoms with van der Waals surface area (Å²) in [5.41, 5.74) is 4.85. The number of rotatable bonds is 2. The molecular formula is C15H19NOS. The van der Waals surface area contributed by atoms with Crippen LogP contribution in [0.1, 0.15) is 36.9 Å². The SMILES string of the molecule is Cc1cc(C(C)(C)C)ccc1-c1csc(CO)n1. The summed E-state index contributed by atoms with van der Waals surface area (Å²) in [5.74, 6) is 0. The number of nitrogens with zero attached hydrogens (tertiary/aromatic N) is 1. The molecule has 1 N–H and O–H groups in total. The lowest BCUT2D eigenvalue weighted by atomic mass is 9.85. The van der Waals surface area contributed by atoms with Crippen molar-refractivity contribution in [2.45, 2.75) is 39.7 Å². The number of hydrogen-bond donors (Lipinski definition) is 1. The van der Waals surface area contributed by atoms with Gasteiger partial charge in [0.25, 0.3) is 0 Å². The number of aliphatic hydroxyl groups is 1. The van der Waals surface area contributed by atoms with E-state index in [4.69, 9.17) is 5.11 Å². The fraction of sp³-hybridized carbons (Fsp3) is 0.400. The van der Waals surface area contributed by atoms with Crippen LogP contribution in [0, 0.1) is 6.92 Å². The largest absolute Gasteiger partial charge is 0.389 e. The van der Waals surface area contributed by atoms with Gasteiger partial charge in [-0.15, -0.1) is 11.3 Å². The van der Waals surface area contributed by atoms with Crippen LogP contribution in [0.25, 0.3) is 11.3 Å². The molecule has 0 unspecified atom stereocenters. The van der Waals surface area contributed by atoms with Gasteiger partial charge in [-0.05, 0) is 23.5 Å². The molecule has 1 heterocycles. The Morgan fingerprint density at radius 1 is 1.28 bits per heavy atom. The van der Waals surface area contributed by atoms with E-state index >= 15 is 0 Å². The Hall–Kier alpha value is -1.19. The number of aryl methyl sites for hydroxylation is 1. The molecule has 0 saturated heterocycles. The zero-order valence-corrected chi connectivity index (χ0v) is 12.1. The van der Waals surface area contributed by atoms with Crippen LogP contribution in [0.2, 0.25) is 0 Å². The van der Waals surface area contributed by atoms with Gasteiger partial charge in [-0.2, -0.15) is 0 Å². The molecule has 2 rings (SSSR count). The number of aromatic nitrogens is 1. The summed E-state index contributed by atoms with van der Waals surface area (Å²) in [5, 5.41) is 11.8. The lowest BCUT2D eigenvalue weighted by Gasteiger charge is -2.20. The summed E-state index contributed by atoms with van der Waals surface area (Å²) in [6, 6.07) is 6.53. The van der Waals surface area contributed by atoms with Crippen molar-refractivity contribution < 1.29 is 5.11 Å². The molecule has 1 aromatic carbocycles. The normalized spacial score (nSPS) is 11.8. The van der Waals surface area contributed by atoms with Gasteiger partial charge < -0.3 is 5.11 Å². The molecule has 0 radical (unpaired) electrons.